The molecule has 4 heterocycles. The maximum Gasteiger partial charge on any atom is 1.00 e. The fourth-order valence-electron chi connectivity index (χ4n) is 6.62. The molecule has 3 amide bonds. The first-order valence-electron chi connectivity index (χ1n) is 21.8. The number of likely N-dealkylation sites (tertiary alicyclic amines) is 3. The Balaban J connectivity index is -0.000000271. The van der Waals surface area contributed by atoms with Crippen molar-refractivity contribution in [2.24, 2.45) is 23.7 Å². The van der Waals surface area contributed by atoms with E-state index in [1.807, 2.05) is 6.92 Å². The maximum absolute atomic E-state index is 12.0. The summed E-state index contributed by atoms with van der Waals surface area (Å²) in [7, 11) is 7.36. The summed E-state index contributed by atoms with van der Waals surface area (Å²) in [5, 5.41) is 11.4. The molecule has 4 fully saturated rings. The Kier molecular flexibility index (Phi) is 44.0. The van der Waals surface area contributed by atoms with Crippen LogP contribution >= 0.6 is 33.0 Å². The van der Waals surface area contributed by atoms with Crippen LogP contribution in [0.1, 0.15) is 90.9 Å². The van der Waals surface area contributed by atoms with Gasteiger partial charge in [0.15, 0.2) is 0 Å². The summed E-state index contributed by atoms with van der Waals surface area (Å²) in [5.41, 5.74) is 0. The van der Waals surface area contributed by atoms with E-state index in [9.17, 15) is 86.2 Å². The molecule has 4 saturated heterocycles. The summed E-state index contributed by atoms with van der Waals surface area (Å²) in [6.07, 6.45) is -19.9. The van der Waals surface area contributed by atoms with Gasteiger partial charge in [0, 0.05) is 66.6 Å². The number of aldehydes is 1. The molecule has 0 aromatic heterocycles. The number of carboxylic acids is 1. The van der Waals surface area contributed by atoms with Gasteiger partial charge in [-0.3, -0.25) is 33.6 Å². The van der Waals surface area contributed by atoms with Crippen LogP contribution in [0, 0.1) is 23.7 Å². The molecule has 4 aliphatic rings. The third kappa shape index (κ3) is 43.5. The normalized spacial score (nSPS) is 16.6. The van der Waals surface area contributed by atoms with Gasteiger partial charge in [-0.2, -0.15) is 52.7 Å². The largest absolute Gasteiger partial charge is 1.00 e. The number of nitrogens with one attached hydrogen (secondary N) is 1. The summed E-state index contributed by atoms with van der Waals surface area (Å²) < 4.78 is 159. The minimum absolute atomic E-state index is 0. The number of halogens is 15. The number of aliphatic carboxylic acids is 1. The number of amides is 3. The standard InChI is InChI=1S/C11H16F3NO3.C9H11ClF3NO2.C9H12F3NO3.C8H15NO2.C3H3F3O.Cl2OS.Li.2H2O/c1-2-18-10(17)8-3-5-15(6-4-8)9(16)7-11(12,13)14;10-8(16)6-1-3-14(4-2-6)7(15)5-9(11,12)13;10-9(11,12)5-7(14)13-3-1-6(2-4-13)8(15)16;1-2-11-8(10)7-3-5-9-6-4-7;4-3(5,6)1-2-7;1-4(2)3;;;/h8H,2-7H2,1H3;6H,1-5H2;6H,1-5H2,(H,15,16);7,9H,2-6H2,1H3;2H,1H2;;;2*1H2/q;;;;;;+1;;/p-1. The maximum atomic E-state index is 12.0. The number of ether oxygens (including phenoxy) is 2. The molecule has 0 aliphatic carbocycles. The number of carboxylic acid groups (broad SMARTS) is 1. The zero-order valence-electron chi connectivity index (χ0n) is 40.7. The van der Waals surface area contributed by atoms with Gasteiger partial charge in [0.2, 0.25) is 32.2 Å². The van der Waals surface area contributed by atoms with Crippen LogP contribution in [0.4, 0.5) is 52.7 Å². The van der Waals surface area contributed by atoms with Crippen molar-refractivity contribution in [1.29, 1.82) is 0 Å². The number of nitrogens with zero attached hydrogens (tertiary/aromatic N) is 3. The summed E-state index contributed by atoms with van der Waals surface area (Å²) in [4.78, 5) is 90.0. The van der Waals surface area contributed by atoms with Crippen LogP contribution in [0.5, 0.6) is 0 Å². The summed E-state index contributed by atoms with van der Waals surface area (Å²) in [5.74, 6) is -5.19. The van der Waals surface area contributed by atoms with Gasteiger partial charge in [-0.1, -0.05) is 0 Å². The number of alkyl halides is 12. The number of hydrogen-bond acceptors (Lipinski definition) is 13. The number of carbonyl (C=O) groups excluding carboxylic acids is 7. The Bertz CT molecular complexity index is 1660. The van der Waals surface area contributed by atoms with Crippen molar-refractivity contribution in [2.75, 3.05) is 65.6 Å². The molecule has 0 spiro atoms. The summed E-state index contributed by atoms with van der Waals surface area (Å²) in [6.45, 7) is 7.09. The van der Waals surface area contributed by atoms with Crippen molar-refractivity contribution < 1.29 is 140 Å². The van der Waals surface area contributed by atoms with Crippen molar-refractivity contribution in [3.63, 3.8) is 0 Å². The third-order valence-corrected chi connectivity index (χ3v) is 10.5. The fourth-order valence-corrected chi connectivity index (χ4v) is 6.84. The minimum atomic E-state index is -4.50. The van der Waals surface area contributed by atoms with E-state index in [4.69, 9.17) is 35.2 Å². The third-order valence-electron chi connectivity index (χ3n) is 10.2. The molecule has 0 aromatic carbocycles. The molecule has 436 valence electrons. The van der Waals surface area contributed by atoms with Gasteiger partial charge in [0.05, 0.1) is 37.4 Å². The van der Waals surface area contributed by atoms with Gasteiger partial charge in [0.1, 0.15) is 25.5 Å². The van der Waals surface area contributed by atoms with E-state index in [1.165, 1.54) is 0 Å². The van der Waals surface area contributed by atoms with Crippen molar-refractivity contribution in [3.8, 4) is 0 Å². The molecular formula is C40H60Cl3F12LiN4O14S. The van der Waals surface area contributed by atoms with Crippen LogP contribution in [0.3, 0.4) is 0 Å². The van der Waals surface area contributed by atoms with E-state index in [2.05, 4.69) is 26.7 Å². The molecule has 0 unspecified atom stereocenters. The van der Waals surface area contributed by atoms with Crippen molar-refractivity contribution >= 4 is 89.4 Å². The van der Waals surface area contributed by atoms with Crippen LogP contribution in [0.2, 0.25) is 0 Å². The van der Waals surface area contributed by atoms with Crippen LogP contribution in [0.15, 0.2) is 0 Å². The SMILES string of the molecule is CCOC(=O)C1CCN(C(=O)CC(F)(F)F)CC1.CCOC(=O)C1CCNCC1.O.O=C(Cl)C1CCN(C(=O)CC(F)(F)F)CC1.O=C(O)C1CCN(C(=O)CC(F)(F)F)CC1.O=CCC(F)(F)F.O=S(Cl)Cl.[Li+].[OH-]. The van der Waals surface area contributed by atoms with E-state index in [0.29, 0.717) is 32.3 Å². The Morgan fingerprint density at radius 1 is 0.573 bits per heavy atom. The van der Waals surface area contributed by atoms with E-state index < -0.39 is 94.5 Å². The fraction of sp³-hybridized carbons (Fsp3) is 0.800. The molecule has 5 N–H and O–H groups in total. The molecule has 35 heteroatoms. The van der Waals surface area contributed by atoms with Gasteiger partial charge < -0.3 is 50.3 Å². The Labute approximate surface area is 452 Å². The van der Waals surface area contributed by atoms with Crippen LogP contribution < -0.4 is 24.2 Å². The zero-order valence-corrected chi connectivity index (χ0v) is 43.8. The first-order chi connectivity index (χ1) is 33.1. The van der Waals surface area contributed by atoms with Gasteiger partial charge >= 0.3 is 61.5 Å². The predicted molar refractivity (Wildman–Crippen MR) is 239 cm³/mol. The number of carbonyl (C=O) groups is 8. The second-order valence-electron chi connectivity index (χ2n) is 15.7. The first-order valence-corrected chi connectivity index (χ1v) is 25.0. The first kappa shape index (κ1) is 80.7. The topological polar surface area (TPSA) is 276 Å². The molecule has 4 rings (SSSR count). The molecule has 18 nitrogen and oxygen atoms in total. The van der Waals surface area contributed by atoms with E-state index >= 15 is 0 Å². The molecule has 0 atom stereocenters. The van der Waals surface area contributed by atoms with Crippen LogP contribution in [0.25, 0.3) is 0 Å². The predicted octanol–water partition coefficient (Wildman–Crippen LogP) is 3.68. The Hall–Kier alpha value is -3.18. The Morgan fingerprint density at radius 2 is 0.840 bits per heavy atom. The number of rotatable bonds is 10. The van der Waals surface area contributed by atoms with E-state index in [0.717, 1.165) is 40.6 Å². The molecule has 0 bridgehead atoms. The van der Waals surface area contributed by atoms with Gasteiger partial charge in [-0.25, -0.2) is 4.21 Å². The van der Waals surface area contributed by atoms with Gasteiger partial charge in [-0.05, 0) is 89.9 Å². The van der Waals surface area contributed by atoms with Crippen molar-refractivity contribution in [2.45, 2.75) is 116 Å². The monoisotopic (exact) mass is 1190 g/mol. The summed E-state index contributed by atoms with van der Waals surface area (Å²) in [6, 6.07) is 0. The second-order valence-corrected chi connectivity index (χ2v) is 18.6. The van der Waals surface area contributed by atoms with Crippen LogP contribution in [-0.2, 0) is 57.1 Å². The minimum Gasteiger partial charge on any atom is -0.870 e. The van der Waals surface area contributed by atoms with Crippen molar-refractivity contribution in [1.82, 2.24) is 20.0 Å². The van der Waals surface area contributed by atoms with Crippen LogP contribution in [-0.4, -0.2) is 172 Å². The average molecular weight is 1190 g/mol. The molecule has 0 aromatic rings. The smallest absolute Gasteiger partial charge is 0.870 e. The number of hydrogen-bond donors (Lipinski definition) is 2. The average Bonchev–Trinajstić information content (AvgIpc) is 3.25. The molecular weight excluding hydrogens is 1130 g/mol. The van der Waals surface area contributed by atoms with E-state index in [1.54, 1.807) is 6.92 Å². The molecule has 0 saturated carbocycles. The second kappa shape index (κ2) is 40.9. The molecule has 0 radical (unpaired) electrons. The molecule has 4 aliphatic heterocycles. The van der Waals surface area contributed by atoms with Crippen molar-refractivity contribution in [3.05, 3.63) is 0 Å². The zero-order chi connectivity index (χ0) is 56.0. The Morgan fingerprint density at radius 3 is 1.05 bits per heavy atom. The van der Waals surface area contributed by atoms with E-state index in [-0.39, 0.29) is 125 Å². The number of piperidine rings is 4. The van der Waals surface area contributed by atoms with Gasteiger partial charge in [0.25, 0.3) is 0 Å². The van der Waals surface area contributed by atoms with Gasteiger partial charge in [-0.15, -0.1) is 0 Å². The summed E-state index contributed by atoms with van der Waals surface area (Å²) >= 11 is 5.27. The number of esters is 2. The molecule has 75 heavy (non-hydrogen) atoms. The quantitative estimate of drug-likeness (QED) is 0.104.